The van der Waals surface area contributed by atoms with Gasteiger partial charge in [-0.15, -0.1) is 23.4 Å². The standard InChI is InChI=1S/C15H14ClNO4S2/c16-12(11-23(20,21)15-4-2-1-3-5-15)10-22-14-8-6-13(7-9-14)17(18)19/h1-9,12H,10-11H2. The fraction of sp³-hybridized carbons (Fsp3) is 0.200. The number of nitro groups is 1. The number of alkyl halides is 1. The zero-order valence-corrected chi connectivity index (χ0v) is 14.4. The van der Waals surface area contributed by atoms with Crippen LogP contribution in [0.15, 0.2) is 64.4 Å². The molecule has 0 amide bonds. The van der Waals surface area contributed by atoms with Crippen molar-refractivity contribution in [1.82, 2.24) is 0 Å². The van der Waals surface area contributed by atoms with Crippen molar-refractivity contribution in [3.8, 4) is 0 Å². The van der Waals surface area contributed by atoms with E-state index in [0.29, 0.717) is 5.75 Å². The van der Waals surface area contributed by atoms with Crippen molar-refractivity contribution in [2.75, 3.05) is 11.5 Å². The Balaban J connectivity index is 1.92. The highest BCUT2D eigenvalue weighted by molar-refractivity contribution is 7.99. The number of nitrogens with zero attached hydrogens (tertiary/aromatic N) is 1. The lowest BCUT2D eigenvalue weighted by Crippen LogP contribution is -2.18. The zero-order valence-electron chi connectivity index (χ0n) is 12.0. The van der Waals surface area contributed by atoms with Crippen LogP contribution < -0.4 is 0 Å². The van der Waals surface area contributed by atoms with Gasteiger partial charge in [-0.2, -0.15) is 0 Å². The molecule has 1 atom stereocenters. The maximum absolute atomic E-state index is 12.2. The number of hydrogen-bond acceptors (Lipinski definition) is 5. The summed E-state index contributed by atoms with van der Waals surface area (Å²) in [6.07, 6.45) is 0. The fourth-order valence-electron chi connectivity index (χ4n) is 1.86. The van der Waals surface area contributed by atoms with E-state index in [4.69, 9.17) is 11.6 Å². The van der Waals surface area contributed by atoms with Crippen molar-refractivity contribution in [1.29, 1.82) is 0 Å². The van der Waals surface area contributed by atoms with Crippen molar-refractivity contribution in [3.63, 3.8) is 0 Å². The van der Waals surface area contributed by atoms with Crippen molar-refractivity contribution in [3.05, 3.63) is 64.7 Å². The van der Waals surface area contributed by atoms with Gasteiger partial charge >= 0.3 is 0 Å². The van der Waals surface area contributed by atoms with Crippen LogP contribution in [0, 0.1) is 10.1 Å². The SMILES string of the molecule is O=[N+]([O-])c1ccc(SCC(Cl)CS(=O)(=O)c2ccccc2)cc1. The zero-order chi connectivity index (χ0) is 16.9. The van der Waals surface area contributed by atoms with Crippen LogP contribution in [-0.4, -0.2) is 30.2 Å². The van der Waals surface area contributed by atoms with E-state index < -0.39 is 20.1 Å². The maximum Gasteiger partial charge on any atom is 0.269 e. The highest BCUT2D eigenvalue weighted by atomic mass is 35.5. The molecular formula is C15H14ClNO4S2. The van der Waals surface area contributed by atoms with Gasteiger partial charge in [0.15, 0.2) is 9.84 Å². The summed E-state index contributed by atoms with van der Waals surface area (Å²) in [5.74, 6) is 0.240. The predicted molar refractivity (Wildman–Crippen MR) is 92.0 cm³/mol. The lowest BCUT2D eigenvalue weighted by atomic mass is 10.3. The summed E-state index contributed by atoms with van der Waals surface area (Å²) >= 11 is 7.50. The molecule has 5 nitrogen and oxygen atoms in total. The second-order valence-corrected chi connectivity index (χ2v) is 8.50. The van der Waals surface area contributed by atoms with Crippen LogP contribution in [0.3, 0.4) is 0 Å². The third-order valence-corrected chi connectivity index (χ3v) is 6.66. The fourth-order valence-corrected chi connectivity index (χ4v) is 4.87. The molecule has 0 N–H and O–H groups in total. The van der Waals surface area contributed by atoms with Crippen LogP contribution in [0.4, 0.5) is 5.69 Å². The van der Waals surface area contributed by atoms with Crippen LogP contribution in [0.1, 0.15) is 0 Å². The molecule has 0 aliphatic heterocycles. The van der Waals surface area contributed by atoms with Crippen LogP contribution in [0.2, 0.25) is 0 Å². The molecule has 0 aromatic heterocycles. The molecule has 0 radical (unpaired) electrons. The molecular weight excluding hydrogens is 358 g/mol. The number of benzene rings is 2. The molecule has 1 unspecified atom stereocenters. The number of rotatable bonds is 7. The Labute approximate surface area is 143 Å². The van der Waals surface area contributed by atoms with Crippen LogP contribution in [-0.2, 0) is 9.84 Å². The number of non-ortho nitro benzene ring substituents is 1. The van der Waals surface area contributed by atoms with E-state index in [9.17, 15) is 18.5 Å². The lowest BCUT2D eigenvalue weighted by Gasteiger charge is -2.10. The van der Waals surface area contributed by atoms with E-state index in [2.05, 4.69) is 0 Å². The molecule has 0 fully saturated rings. The molecule has 0 aliphatic rings. The van der Waals surface area contributed by atoms with Gasteiger partial charge in [0.1, 0.15) is 0 Å². The van der Waals surface area contributed by atoms with E-state index in [-0.39, 0.29) is 16.3 Å². The van der Waals surface area contributed by atoms with E-state index in [1.807, 2.05) is 0 Å². The molecule has 0 saturated heterocycles. The molecule has 0 bridgehead atoms. The van der Waals surface area contributed by atoms with Gasteiger partial charge in [0, 0.05) is 22.8 Å². The van der Waals surface area contributed by atoms with Crippen molar-refractivity contribution < 1.29 is 13.3 Å². The second-order valence-electron chi connectivity index (χ2n) is 4.75. The monoisotopic (exact) mass is 371 g/mol. The first-order valence-electron chi connectivity index (χ1n) is 6.67. The van der Waals surface area contributed by atoms with Gasteiger partial charge in [-0.3, -0.25) is 10.1 Å². The second kappa shape index (κ2) is 7.81. The lowest BCUT2D eigenvalue weighted by molar-refractivity contribution is -0.384. The Hall–Kier alpha value is -1.57. The van der Waals surface area contributed by atoms with Gasteiger partial charge in [0.05, 0.1) is 20.9 Å². The Morgan fingerprint density at radius 3 is 2.26 bits per heavy atom. The van der Waals surface area contributed by atoms with Gasteiger partial charge in [0.2, 0.25) is 0 Å². The van der Waals surface area contributed by atoms with Gasteiger partial charge in [-0.1, -0.05) is 18.2 Å². The molecule has 2 aromatic carbocycles. The maximum atomic E-state index is 12.2. The minimum atomic E-state index is -3.42. The average molecular weight is 372 g/mol. The Morgan fingerprint density at radius 1 is 1.09 bits per heavy atom. The number of nitro benzene ring substituents is 1. The predicted octanol–water partition coefficient (Wildman–Crippen LogP) is 3.77. The Kier molecular flexibility index (Phi) is 6.04. The van der Waals surface area contributed by atoms with Crippen LogP contribution >= 0.6 is 23.4 Å². The summed E-state index contributed by atoms with van der Waals surface area (Å²) in [6, 6.07) is 14.2. The first-order chi connectivity index (χ1) is 10.9. The molecule has 0 spiro atoms. The smallest absolute Gasteiger partial charge is 0.258 e. The third kappa shape index (κ3) is 5.23. The number of sulfone groups is 1. The van der Waals surface area contributed by atoms with Gasteiger partial charge in [0.25, 0.3) is 5.69 Å². The summed E-state index contributed by atoms with van der Waals surface area (Å²) < 4.78 is 24.4. The third-order valence-electron chi connectivity index (χ3n) is 2.98. The highest BCUT2D eigenvalue weighted by Gasteiger charge is 2.19. The summed E-state index contributed by atoms with van der Waals surface area (Å²) in [5.41, 5.74) is 0.0171. The summed E-state index contributed by atoms with van der Waals surface area (Å²) in [7, 11) is -3.42. The minimum absolute atomic E-state index is 0.0171. The first kappa shape index (κ1) is 17.8. The largest absolute Gasteiger partial charge is 0.269 e. The molecule has 2 aromatic rings. The van der Waals surface area contributed by atoms with E-state index in [1.54, 1.807) is 42.5 Å². The van der Waals surface area contributed by atoms with E-state index in [1.165, 1.54) is 23.9 Å². The molecule has 122 valence electrons. The Bertz CT molecular complexity index is 764. The van der Waals surface area contributed by atoms with Gasteiger partial charge in [-0.25, -0.2) is 8.42 Å². The van der Waals surface area contributed by atoms with Gasteiger partial charge < -0.3 is 0 Å². The van der Waals surface area contributed by atoms with E-state index in [0.717, 1.165) is 4.90 Å². The molecule has 8 heteroatoms. The highest BCUT2D eigenvalue weighted by Crippen LogP contribution is 2.24. The number of hydrogen-bond donors (Lipinski definition) is 0. The van der Waals surface area contributed by atoms with Crippen LogP contribution in [0.5, 0.6) is 0 Å². The van der Waals surface area contributed by atoms with Crippen molar-refractivity contribution in [2.24, 2.45) is 0 Å². The minimum Gasteiger partial charge on any atom is -0.258 e. The first-order valence-corrected chi connectivity index (χ1v) is 9.75. The Morgan fingerprint density at radius 2 is 1.70 bits per heavy atom. The normalized spacial score (nSPS) is 12.7. The molecule has 0 aliphatic carbocycles. The molecule has 0 saturated carbocycles. The summed E-state index contributed by atoms with van der Waals surface area (Å²) in [6.45, 7) is 0. The molecule has 0 heterocycles. The average Bonchev–Trinajstić information content (AvgIpc) is 2.54. The van der Waals surface area contributed by atoms with Gasteiger partial charge in [-0.05, 0) is 24.3 Å². The topological polar surface area (TPSA) is 77.3 Å². The van der Waals surface area contributed by atoms with Crippen molar-refractivity contribution in [2.45, 2.75) is 15.2 Å². The number of thioether (sulfide) groups is 1. The molecule has 2 rings (SSSR count). The van der Waals surface area contributed by atoms with E-state index >= 15 is 0 Å². The number of halogens is 1. The van der Waals surface area contributed by atoms with Crippen LogP contribution in [0.25, 0.3) is 0 Å². The summed E-state index contributed by atoms with van der Waals surface area (Å²) in [5, 5.41) is 10.0. The quantitative estimate of drug-likeness (QED) is 0.320. The summed E-state index contributed by atoms with van der Waals surface area (Å²) in [4.78, 5) is 11.2. The molecule has 23 heavy (non-hydrogen) atoms. The van der Waals surface area contributed by atoms with Crippen molar-refractivity contribution >= 4 is 38.9 Å².